The van der Waals surface area contributed by atoms with Crippen LogP contribution in [-0.2, 0) is 9.53 Å². The maximum atomic E-state index is 11.8. The number of likely N-dealkylation sites (N-methyl/N-ethyl adjacent to an activating group) is 1. The van der Waals surface area contributed by atoms with E-state index >= 15 is 0 Å². The minimum atomic E-state index is -0.724. The van der Waals surface area contributed by atoms with Gasteiger partial charge in [-0.05, 0) is 32.7 Å². The Morgan fingerprint density at radius 2 is 2.00 bits per heavy atom. The summed E-state index contributed by atoms with van der Waals surface area (Å²) in [6.07, 6.45) is 0.966. The number of hydrogen-bond acceptors (Lipinski definition) is 6. The maximum absolute atomic E-state index is 11.8. The van der Waals surface area contributed by atoms with Gasteiger partial charge >= 0.3 is 6.09 Å². The smallest absolute Gasteiger partial charge is 0.407 e. The highest BCUT2D eigenvalue weighted by Gasteiger charge is 2.42. The predicted molar refractivity (Wildman–Crippen MR) is 92.8 cm³/mol. The molecule has 0 saturated heterocycles. The lowest BCUT2D eigenvalue weighted by Gasteiger charge is -2.34. The first-order chi connectivity index (χ1) is 11.9. The zero-order valence-electron chi connectivity index (χ0n) is 15.2. The van der Waals surface area contributed by atoms with Crippen LogP contribution >= 0.6 is 0 Å². The molecule has 0 heterocycles. The van der Waals surface area contributed by atoms with Crippen LogP contribution in [0.5, 0.6) is 0 Å². The fraction of sp³-hybridized carbons (Fsp3) is 0.875. The molecule has 0 aliphatic heterocycles. The van der Waals surface area contributed by atoms with Gasteiger partial charge in [0.25, 0.3) is 0 Å². The lowest BCUT2D eigenvalue weighted by atomic mass is 9.75. The molecule has 1 aliphatic carbocycles. The minimum Gasteiger partial charge on any atom is -0.446 e. The van der Waals surface area contributed by atoms with Crippen LogP contribution in [0, 0.1) is 22.0 Å². The van der Waals surface area contributed by atoms with Gasteiger partial charge in [-0.3, -0.25) is 14.9 Å². The Hall–Kier alpha value is -1.90. The molecule has 2 amide bonds. The molecule has 4 atom stereocenters. The molecule has 0 aromatic carbocycles. The topological polar surface area (TPSA) is 123 Å². The van der Waals surface area contributed by atoms with Crippen LogP contribution in [0.4, 0.5) is 4.79 Å². The Morgan fingerprint density at radius 3 is 2.60 bits per heavy atom. The van der Waals surface area contributed by atoms with Crippen LogP contribution in [0.3, 0.4) is 0 Å². The number of rotatable bonds is 9. The van der Waals surface area contributed by atoms with Gasteiger partial charge in [-0.25, -0.2) is 4.79 Å². The Bertz CT molecular complexity index is 460. The molecule has 1 fully saturated rings. The molecule has 0 bridgehead atoms. The highest BCUT2D eigenvalue weighted by molar-refractivity contribution is 5.75. The SMILES string of the molecule is CCC(=O)NCC1CCC([N+](=O)[O-])C(C(C)OC(=O)NCCNC)C1. The summed E-state index contributed by atoms with van der Waals surface area (Å²) in [7, 11) is 1.77. The van der Waals surface area contributed by atoms with Crippen molar-refractivity contribution in [2.45, 2.75) is 51.7 Å². The number of hydrogen-bond donors (Lipinski definition) is 3. The van der Waals surface area contributed by atoms with Crippen molar-refractivity contribution in [3.05, 3.63) is 10.1 Å². The summed E-state index contributed by atoms with van der Waals surface area (Å²) in [4.78, 5) is 34.3. The van der Waals surface area contributed by atoms with Gasteiger partial charge in [0, 0.05) is 37.4 Å². The molecular formula is C16H30N4O5. The van der Waals surface area contributed by atoms with Crippen molar-refractivity contribution < 1.29 is 19.2 Å². The number of nitrogens with zero attached hydrogens (tertiary/aromatic N) is 1. The molecule has 0 aromatic heterocycles. The van der Waals surface area contributed by atoms with E-state index in [-0.39, 0.29) is 22.7 Å². The molecule has 4 unspecified atom stereocenters. The van der Waals surface area contributed by atoms with Gasteiger partial charge < -0.3 is 20.7 Å². The second kappa shape index (κ2) is 10.9. The number of nitro groups is 1. The molecule has 1 rings (SSSR count). The van der Waals surface area contributed by atoms with Crippen LogP contribution < -0.4 is 16.0 Å². The Kier molecular flexibility index (Phi) is 9.18. The van der Waals surface area contributed by atoms with E-state index in [2.05, 4.69) is 16.0 Å². The van der Waals surface area contributed by atoms with E-state index in [1.807, 2.05) is 0 Å². The largest absolute Gasteiger partial charge is 0.446 e. The van der Waals surface area contributed by atoms with Crippen molar-refractivity contribution in [3.63, 3.8) is 0 Å². The molecule has 0 radical (unpaired) electrons. The highest BCUT2D eigenvalue weighted by Crippen LogP contribution is 2.34. The number of ether oxygens (including phenoxy) is 1. The third-order valence-corrected chi connectivity index (χ3v) is 4.69. The summed E-state index contributed by atoms with van der Waals surface area (Å²) < 4.78 is 5.34. The van der Waals surface area contributed by atoms with E-state index in [4.69, 9.17) is 4.74 Å². The second-order valence-electron chi connectivity index (χ2n) is 6.49. The van der Waals surface area contributed by atoms with E-state index in [1.54, 1.807) is 20.9 Å². The minimum absolute atomic E-state index is 0.0267. The maximum Gasteiger partial charge on any atom is 0.407 e. The number of nitrogens with one attached hydrogen (secondary N) is 3. The summed E-state index contributed by atoms with van der Waals surface area (Å²) in [6.45, 7) is 5.03. The summed E-state index contributed by atoms with van der Waals surface area (Å²) in [5.41, 5.74) is 0. The van der Waals surface area contributed by atoms with Crippen LogP contribution in [0.25, 0.3) is 0 Å². The third kappa shape index (κ3) is 7.25. The van der Waals surface area contributed by atoms with Crippen molar-refractivity contribution in [2.75, 3.05) is 26.7 Å². The Morgan fingerprint density at radius 1 is 1.28 bits per heavy atom. The van der Waals surface area contributed by atoms with Gasteiger partial charge in [0.1, 0.15) is 6.10 Å². The van der Waals surface area contributed by atoms with Crippen molar-refractivity contribution in [3.8, 4) is 0 Å². The zero-order chi connectivity index (χ0) is 18.8. The van der Waals surface area contributed by atoms with Gasteiger partial charge in [-0.1, -0.05) is 6.92 Å². The van der Waals surface area contributed by atoms with Crippen molar-refractivity contribution in [1.82, 2.24) is 16.0 Å². The second-order valence-corrected chi connectivity index (χ2v) is 6.49. The normalized spacial score (nSPS) is 24.2. The van der Waals surface area contributed by atoms with Gasteiger partial charge in [-0.2, -0.15) is 0 Å². The van der Waals surface area contributed by atoms with Gasteiger partial charge in [-0.15, -0.1) is 0 Å². The lowest BCUT2D eigenvalue weighted by Crippen LogP contribution is -2.45. The first-order valence-corrected chi connectivity index (χ1v) is 8.88. The number of alkyl carbamates (subject to hydrolysis) is 1. The van der Waals surface area contributed by atoms with Crippen molar-refractivity contribution >= 4 is 12.0 Å². The molecule has 25 heavy (non-hydrogen) atoms. The molecule has 0 spiro atoms. The van der Waals surface area contributed by atoms with Gasteiger partial charge in [0.05, 0.1) is 5.92 Å². The predicted octanol–water partition coefficient (Wildman–Crippen LogP) is 0.908. The third-order valence-electron chi connectivity index (χ3n) is 4.69. The molecule has 3 N–H and O–H groups in total. The van der Waals surface area contributed by atoms with Crippen molar-refractivity contribution in [1.29, 1.82) is 0 Å². The Labute approximate surface area is 148 Å². The molecule has 9 nitrogen and oxygen atoms in total. The Balaban J connectivity index is 2.60. The first-order valence-electron chi connectivity index (χ1n) is 8.88. The van der Waals surface area contributed by atoms with Crippen LogP contribution in [0.15, 0.2) is 0 Å². The highest BCUT2D eigenvalue weighted by atomic mass is 16.6. The van der Waals surface area contributed by atoms with Crippen molar-refractivity contribution in [2.24, 2.45) is 11.8 Å². The van der Waals surface area contributed by atoms with E-state index in [0.29, 0.717) is 45.3 Å². The molecule has 9 heteroatoms. The van der Waals surface area contributed by atoms with E-state index < -0.39 is 18.2 Å². The van der Waals surface area contributed by atoms with E-state index in [9.17, 15) is 19.7 Å². The number of carbonyl (C=O) groups is 2. The summed E-state index contributed by atoms with van der Waals surface area (Å²) in [5, 5.41) is 19.7. The molecular weight excluding hydrogens is 328 g/mol. The average molecular weight is 358 g/mol. The molecule has 1 saturated carbocycles. The van der Waals surface area contributed by atoms with Crippen LogP contribution in [-0.4, -0.2) is 55.8 Å². The quantitative estimate of drug-likeness (QED) is 0.320. The number of amides is 2. The zero-order valence-corrected chi connectivity index (χ0v) is 15.2. The van der Waals surface area contributed by atoms with Gasteiger partial charge in [0.2, 0.25) is 11.9 Å². The van der Waals surface area contributed by atoms with Crippen LogP contribution in [0.2, 0.25) is 0 Å². The van der Waals surface area contributed by atoms with Gasteiger partial charge in [0.15, 0.2) is 0 Å². The fourth-order valence-electron chi connectivity index (χ4n) is 3.20. The summed E-state index contributed by atoms with van der Waals surface area (Å²) >= 11 is 0. The van der Waals surface area contributed by atoms with E-state index in [0.717, 1.165) is 0 Å². The molecule has 1 aliphatic rings. The summed E-state index contributed by atoms with van der Waals surface area (Å²) in [5.74, 6) is -0.224. The first kappa shape index (κ1) is 21.1. The lowest BCUT2D eigenvalue weighted by molar-refractivity contribution is -0.538. The monoisotopic (exact) mass is 358 g/mol. The van der Waals surface area contributed by atoms with Crippen LogP contribution in [0.1, 0.15) is 39.5 Å². The molecule has 0 aromatic rings. The number of carbonyl (C=O) groups excluding carboxylic acids is 2. The standard InChI is InChI=1S/C16H30N4O5/c1-4-15(21)19-10-12-5-6-14(20(23)24)13(9-12)11(2)25-16(22)18-8-7-17-3/h11-14,17H,4-10H2,1-3H3,(H,18,22)(H,19,21). The fourth-order valence-corrected chi connectivity index (χ4v) is 3.20. The van der Waals surface area contributed by atoms with E-state index in [1.165, 1.54) is 0 Å². The molecule has 144 valence electrons. The average Bonchev–Trinajstić information content (AvgIpc) is 2.59. The summed E-state index contributed by atoms with van der Waals surface area (Å²) in [6, 6.07) is -0.724.